The maximum atomic E-state index is 11.9. The van der Waals surface area contributed by atoms with E-state index in [4.69, 9.17) is 4.74 Å². The zero-order chi connectivity index (χ0) is 12.7. The number of carbonyl (C=O) groups is 2. The predicted molar refractivity (Wildman–Crippen MR) is 64.6 cm³/mol. The van der Waals surface area contributed by atoms with Crippen molar-refractivity contribution in [3.05, 3.63) is 0 Å². The summed E-state index contributed by atoms with van der Waals surface area (Å²) in [7, 11) is 0. The minimum absolute atomic E-state index is 0.0432. The third kappa shape index (κ3) is 4.73. The van der Waals surface area contributed by atoms with E-state index in [0.29, 0.717) is 39.3 Å². The van der Waals surface area contributed by atoms with Crippen molar-refractivity contribution in [1.29, 1.82) is 0 Å². The van der Waals surface area contributed by atoms with Crippen LogP contribution >= 0.6 is 0 Å². The lowest BCUT2D eigenvalue weighted by atomic mass is 10.3. The van der Waals surface area contributed by atoms with Crippen molar-refractivity contribution >= 4 is 11.8 Å². The van der Waals surface area contributed by atoms with Crippen LogP contribution in [0.2, 0.25) is 0 Å². The molecule has 0 atom stereocenters. The van der Waals surface area contributed by atoms with Crippen molar-refractivity contribution in [2.45, 2.75) is 26.7 Å². The molecule has 98 valence electrons. The summed E-state index contributed by atoms with van der Waals surface area (Å²) in [6.07, 6.45) is 1.34. The second kappa shape index (κ2) is 7.27. The van der Waals surface area contributed by atoms with Crippen molar-refractivity contribution in [3.8, 4) is 0 Å². The van der Waals surface area contributed by atoms with E-state index in [2.05, 4.69) is 0 Å². The molecule has 5 nitrogen and oxygen atoms in total. The predicted octanol–water partition coefficient (Wildman–Crippen LogP) is 0.494. The number of carbonyl (C=O) groups excluding carboxylic acids is 2. The first kappa shape index (κ1) is 14.0. The second-order valence-corrected chi connectivity index (χ2v) is 4.25. The molecule has 0 bridgehead atoms. The molecule has 1 aliphatic rings. The van der Waals surface area contributed by atoms with Crippen LogP contribution in [0.15, 0.2) is 0 Å². The molecule has 1 heterocycles. The summed E-state index contributed by atoms with van der Waals surface area (Å²) in [5.74, 6) is 0.164. The summed E-state index contributed by atoms with van der Waals surface area (Å²) in [5.41, 5.74) is 0. The molecule has 1 rings (SSSR count). The molecule has 2 amide bonds. The van der Waals surface area contributed by atoms with E-state index < -0.39 is 0 Å². The third-order valence-electron chi connectivity index (χ3n) is 2.90. The lowest BCUT2D eigenvalue weighted by Crippen LogP contribution is -2.42. The van der Waals surface area contributed by atoms with Crippen molar-refractivity contribution in [1.82, 2.24) is 9.80 Å². The molecular formula is C12H22N2O3. The van der Waals surface area contributed by atoms with Gasteiger partial charge in [-0.2, -0.15) is 0 Å². The monoisotopic (exact) mass is 242 g/mol. The van der Waals surface area contributed by atoms with Gasteiger partial charge in [-0.25, -0.2) is 0 Å². The van der Waals surface area contributed by atoms with Crippen molar-refractivity contribution in [2.24, 2.45) is 0 Å². The summed E-state index contributed by atoms with van der Waals surface area (Å²) in [5, 5.41) is 0. The van der Waals surface area contributed by atoms with E-state index in [1.807, 2.05) is 11.8 Å². The molecule has 5 heteroatoms. The Morgan fingerprint density at radius 1 is 1.24 bits per heavy atom. The summed E-state index contributed by atoms with van der Waals surface area (Å²) >= 11 is 0. The maximum absolute atomic E-state index is 11.9. The minimum atomic E-state index is 0.0432. The molecule has 0 aromatic rings. The zero-order valence-electron chi connectivity index (χ0n) is 10.8. The number of ether oxygens (including phenoxy) is 1. The average molecular weight is 242 g/mol. The molecule has 0 aromatic carbocycles. The molecular weight excluding hydrogens is 220 g/mol. The quantitative estimate of drug-likeness (QED) is 0.705. The Kier molecular flexibility index (Phi) is 5.97. The van der Waals surface area contributed by atoms with Gasteiger partial charge < -0.3 is 14.5 Å². The van der Waals surface area contributed by atoms with Gasteiger partial charge in [-0.1, -0.05) is 6.92 Å². The first-order valence-electron chi connectivity index (χ1n) is 6.26. The van der Waals surface area contributed by atoms with Gasteiger partial charge in [-0.15, -0.1) is 0 Å². The number of morpholine rings is 1. The Morgan fingerprint density at radius 3 is 2.41 bits per heavy atom. The first-order chi connectivity index (χ1) is 8.15. The molecule has 0 aliphatic carbocycles. The summed E-state index contributed by atoms with van der Waals surface area (Å²) < 4.78 is 5.19. The Morgan fingerprint density at radius 2 is 1.88 bits per heavy atom. The first-order valence-corrected chi connectivity index (χ1v) is 6.26. The fourth-order valence-electron chi connectivity index (χ4n) is 1.90. The van der Waals surface area contributed by atoms with Crippen LogP contribution in [-0.2, 0) is 14.3 Å². The fourth-order valence-corrected chi connectivity index (χ4v) is 1.90. The van der Waals surface area contributed by atoms with Gasteiger partial charge in [-0.05, 0) is 6.42 Å². The van der Waals surface area contributed by atoms with E-state index in [1.165, 1.54) is 0 Å². The normalized spacial score (nSPS) is 15.8. The van der Waals surface area contributed by atoms with Gasteiger partial charge in [0.2, 0.25) is 11.8 Å². The second-order valence-electron chi connectivity index (χ2n) is 4.25. The van der Waals surface area contributed by atoms with Crippen molar-refractivity contribution in [3.63, 3.8) is 0 Å². The number of hydrogen-bond donors (Lipinski definition) is 0. The Hall–Kier alpha value is -1.10. The smallest absolute Gasteiger partial charge is 0.224 e. The molecule has 0 aromatic heterocycles. The highest BCUT2D eigenvalue weighted by atomic mass is 16.5. The maximum Gasteiger partial charge on any atom is 0.224 e. The van der Waals surface area contributed by atoms with Gasteiger partial charge >= 0.3 is 0 Å². The highest BCUT2D eigenvalue weighted by molar-refractivity contribution is 5.78. The van der Waals surface area contributed by atoms with Crippen LogP contribution in [0.3, 0.4) is 0 Å². The summed E-state index contributed by atoms with van der Waals surface area (Å²) in [6, 6.07) is 0. The SMILES string of the molecule is CCCN(CCC(=O)N1CCOCC1)C(C)=O. The fraction of sp³-hybridized carbons (Fsp3) is 0.833. The van der Waals surface area contributed by atoms with Crippen LogP contribution in [0.25, 0.3) is 0 Å². The van der Waals surface area contributed by atoms with Crippen LogP contribution in [-0.4, -0.2) is 61.0 Å². The summed E-state index contributed by atoms with van der Waals surface area (Å²) in [4.78, 5) is 26.7. The van der Waals surface area contributed by atoms with Gasteiger partial charge in [0.15, 0.2) is 0 Å². The molecule has 1 aliphatic heterocycles. The Balaban J connectivity index is 2.32. The van der Waals surface area contributed by atoms with Gasteiger partial charge in [-0.3, -0.25) is 9.59 Å². The molecule has 0 saturated carbocycles. The highest BCUT2D eigenvalue weighted by Crippen LogP contribution is 2.02. The van der Waals surface area contributed by atoms with E-state index in [0.717, 1.165) is 13.0 Å². The molecule has 0 unspecified atom stereocenters. The third-order valence-corrected chi connectivity index (χ3v) is 2.90. The molecule has 0 N–H and O–H groups in total. The van der Waals surface area contributed by atoms with Gasteiger partial charge in [0.1, 0.15) is 0 Å². The van der Waals surface area contributed by atoms with Crippen LogP contribution in [0, 0.1) is 0 Å². The van der Waals surface area contributed by atoms with Gasteiger partial charge in [0.25, 0.3) is 0 Å². The van der Waals surface area contributed by atoms with Crippen LogP contribution in [0.4, 0.5) is 0 Å². The molecule has 1 fully saturated rings. The van der Waals surface area contributed by atoms with Gasteiger partial charge in [0, 0.05) is 39.5 Å². The summed E-state index contributed by atoms with van der Waals surface area (Å²) in [6.45, 7) is 7.42. The number of rotatable bonds is 5. The largest absolute Gasteiger partial charge is 0.378 e. The lowest BCUT2D eigenvalue weighted by molar-refractivity contribution is -0.136. The standard InChI is InChI=1S/C12H22N2O3/c1-3-5-13(11(2)15)6-4-12(16)14-7-9-17-10-8-14/h3-10H2,1-2H3. The highest BCUT2D eigenvalue weighted by Gasteiger charge is 2.18. The molecule has 17 heavy (non-hydrogen) atoms. The number of nitrogens with zero attached hydrogens (tertiary/aromatic N) is 2. The molecule has 1 saturated heterocycles. The van der Waals surface area contributed by atoms with Crippen molar-refractivity contribution in [2.75, 3.05) is 39.4 Å². The number of hydrogen-bond acceptors (Lipinski definition) is 3. The molecule has 0 spiro atoms. The van der Waals surface area contributed by atoms with Crippen LogP contribution < -0.4 is 0 Å². The Labute approximate surface area is 103 Å². The van der Waals surface area contributed by atoms with E-state index in [-0.39, 0.29) is 11.8 Å². The van der Waals surface area contributed by atoms with Gasteiger partial charge in [0.05, 0.1) is 13.2 Å². The lowest BCUT2D eigenvalue weighted by Gasteiger charge is -2.28. The van der Waals surface area contributed by atoms with E-state index in [1.54, 1.807) is 11.8 Å². The van der Waals surface area contributed by atoms with Crippen molar-refractivity contribution < 1.29 is 14.3 Å². The topological polar surface area (TPSA) is 49.9 Å². The molecule has 0 radical (unpaired) electrons. The van der Waals surface area contributed by atoms with E-state index >= 15 is 0 Å². The van der Waals surface area contributed by atoms with Crippen LogP contribution in [0.5, 0.6) is 0 Å². The average Bonchev–Trinajstić information content (AvgIpc) is 2.34. The van der Waals surface area contributed by atoms with E-state index in [9.17, 15) is 9.59 Å². The minimum Gasteiger partial charge on any atom is -0.378 e. The zero-order valence-corrected chi connectivity index (χ0v) is 10.8. The Bertz CT molecular complexity index is 262. The number of amides is 2. The van der Waals surface area contributed by atoms with Crippen LogP contribution in [0.1, 0.15) is 26.7 Å².